The summed E-state index contributed by atoms with van der Waals surface area (Å²) < 4.78 is 5.43. The molecule has 1 rings (SSSR count). The number of rotatable bonds is 0. The van der Waals surface area contributed by atoms with E-state index in [1.807, 2.05) is 20.8 Å². The van der Waals surface area contributed by atoms with E-state index in [-0.39, 0.29) is 23.6 Å². The van der Waals surface area contributed by atoms with Gasteiger partial charge in [-0.05, 0) is 32.6 Å². The molecule has 0 spiro atoms. The summed E-state index contributed by atoms with van der Waals surface area (Å²) in [7, 11) is 0. The smallest absolute Gasteiger partial charge is 0.410 e. The molecule has 2 N–H and O–H groups in total. The summed E-state index contributed by atoms with van der Waals surface area (Å²) in [6.07, 6.45) is 0.605. The Morgan fingerprint density at radius 2 is 1.76 bits per heavy atom. The zero-order chi connectivity index (χ0) is 13.4. The average Bonchev–Trinajstić information content (AvgIpc) is 2.43. The van der Waals surface area contributed by atoms with Crippen molar-refractivity contribution in [1.29, 1.82) is 0 Å². The fourth-order valence-corrected chi connectivity index (χ4v) is 2.21. The van der Waals surface area contributed by atoms with Crippen molar-refractivity contribution in [2.75, 3.05) is 6.54 Å². The number of likely N-dealkylation sites (tertiary alicyclic amines) is 1. The van der Waals surface area contributed by atoms with Gasteiger partial charge >= 0.3 is 6.09 Å². The van der Waals surface area contributed by atoms with Crippen molar-refractivity contribution in [3.8, 4) is 0 Å². The minimum Gasteiger partial charge on any atom is -0.444 e. The van der Waals surface area contributed by atoms with Crippen molar-refractivity contribution in [2.45, 2.75) is 65.6 Å². The van der Waals surface area contributed by atoms with Crippen molar-refractivity contribution in [3.63, 3.8) is 0 Å². The van der Waals surface area contributed by atoms with Crippen LogP contribution in [-0.2, 0) is 4.74 Å². The van der Waals surface area contributed by atoms with E-state index in [1.165, 1.54) is 0 Å². The fraction of sp³-hybridized carbons (Fsp3) is 0.923. The number of hydrogen-bond acceptors (Lipinski definition) is 3. The molecule has 2 atom stereocenters. The second-order valence-corrected chi connectivity index (χ2v) is 7.01. The number of nitrogens with zero attached hydrogens (tertiary/aromatic N) is 1. The van der Waals surface area contributed by atoms with Gasteiger partial charge < -0.3 is 15.4 Å². The maximum Gasteiger partial charge on any atom is 0.410 e. The van der Waals surface area contributed by atoms with Crippen molar-refractivity contribution < 1.29 is 9.53 Å². The Kier molecular flexibility index (Phi) is 3.77. The average molecular weight is 242 g/mol. The van der Waals surface area contributed by atoms with Crippen molar-refractivity contribution >= 4 is 6.09 Å². The fourth-order valence-electron chi connectivity index (χ4n) is 2.21. The van der Waals surface area contributed by atoms with Crippen LogP contribution in [0.4, 0.5) is 4.79 Å². The standard InChI is InChI=1S/C13H26N2O2/c1-12(2,3)10-7-9(14)8-15(10)11(16)17-13(4,5)6/h9-10H,7-8,14H2,1-6H3. The normalized spacial score (nSPS) is 26.2. The van der Waals surface area contributed by atoms with Crippen LogP contribution in [0.2, 0.25) is 0 Å². The number of amides is 1. The molecule has 1 aliphatic heterocycles. The number of ether oxygens (including phenoxy) is 1. The predicted octanol–water partition coefficient (Wildman–Crippen LogP) is 2.37. The Morgan fingerprint density at radius 1 is 1.24 bits per heavy atom. The van der Waals surface area contributed by atoms with Crippen LogP contribution in [-0.4, -0.2) is 35.2 Å². The molecule has 100 valence electrons. The summed E-state index contributed by atoms with van der Waals surface area (Å²) in [4.78, 5) is 13.9. The topological polar surface area (TPSA) is 55.6 Å². The summed E-state index contributed by atoms with van der Waals surface area (Å²) >= 11 is 0. The molecule has 1 saturated heterocycles. The van der Waals surface area contributed by atoms with Gasteiger partial charge in [-0.2, -0.15) is 0 Å². The second-order valence-electron chi connectivity index (χ2n) is 7.01. The highest BCUT2D eigenvalue weighted by molar-refractivity contribution is 5.69. The second kappa shape index (κ2) is 4.48. The van der Waals surface area contributed by atoms with Crippen LogP contribution >= 0.6 is 0 Å². The summed E-state index contributed by atoms with van der Waals surface area (Å²) in [6, 6.07) is 0.221. The third kappa shape index (κ3) is 3.87. The zero-order valence-electron chi connectivity index (χ0n) is 11.9. The molecule has 0 aromatic heterocycles. The molecule has 1 aliphatic rings. The van der Waals surface area contributed by atoms with Gasteiger partial charge in [-0.3, -0.25) is 0 Å². The summed E-state index contributed by atoms with van der Waals surface area (Å²) in [5.41, 5.74) is 5.54. The van der Waals surface area contributed by atoms with Crippen LogP contribution in [0, 0.1) is 5.41 Å². The number of carbonyl (C=O) groups is 1. The molecule has 2 unspecified atom stereocenters. The summed E-state index contributed by atoms with van der Waals surface area (Å²) in [6.45, 7) is 12.6. The number of carbonyl (C=O) groups excluding carboxylic acids is 1. The Morgan fingerprint density at radius 3 is 2.18 bits per heavy atom. The predicted molar refractivity (Wildman–Crippen MR) is 68.8 cm³/mol. The molecule has 0 saturated carbocycles. The maximum absolute atomic E-state index is 12.1. The quantitative estimate of drug-likeness (QED) is 0.709. The first-order valence-electron chi connectivity index (χ1n) is 6.26. The van der Waals surface area contributed by atoms with Crippen LogP contribution in [0.1, 0.15) is 48.0 Å². The highest BCUT2D eigenvalue weighted by Crippen LogP contribution is 2.33. The van der Waals surface area contributed by atoms with Gasteiger partial charge in [0.05, 0.1) is 0 Å². The van der Waals surface area contributed by atoms with Gasteiger partial charge in [0.1, 0.15) is 5.60 Å². The van der Waals surface area contributed by atoms with Crippen LogP contribution in [0.5, 0.6) is 0 Å². The Hall–Kier alpha value is -0.770. The Bertz CT molecular complexity index is 289. The molecule has 0 bridgehead atoms. The summed E-state index contributed by atoms with van der Waals surface area (Å²) in [5.74, 6) is 0. The Labute approximate surface area is 104 Å². The SMILES string of the molecule is CC(C)(C)OC(=O)N1CC(N)CC1C(C)(C)C. The first kappa shape index (κ1) is 14.3. The maximum atomic E-state index is 12.1. The van der Waals surface area contributed by atoms with Gasteiger partial charge in [0.25, 0.3) is 0 Å². The molecule has 1 amide bonds. The van der Waals surface area contributed by atoms with Gasteiger partial charge in [-0.15, -0.1) is 0 Å². The third-order valence-electron chi connectivity index (χ3n) is 2.96. The molecule has 17 heavy (non-hydrogen) atoms. The first-order chi connectivity index (χ1) is 7.50. The molecule has 4 nitrogen and oxygen atoms in total. The highest BCUT2D eigenvalue weighted by atomic mass is 16.6. The van der Waals surface area contributed by atoms with E-state index in [0.29, 0.717) is 6.54 Å². The van der Waals surface area contributed by atoms with Crippen LogP contribution in [0.3, 0.4) is 0 Å². The molecule has 0 aromatic rings. The largest absolute Gasteiger partial charge is 0.444 e. The molecule has 0 aromatic carbocycles. The van der Waals surface area contributed by atoms with Gasteiger partial charge in [0.2, 0.25) is 0 Å². The highest BCUT2D eigenvalue weighted by Gasteiger charge is 2.41. The van der Waals surface area contributed by atoms with Gasteiger partial charge in [-0.1, -0.05) is 20.8 Å². The molecule has 0 aliphatic carbocycles. The van der Waals surface area contributed by atoms with E-state index >= 15 is 0 Å². The van der Waals surface area contributed by atoms with Gasteiger partial charge in [0.15, 0.2) is 0 Å². The molecule has 1 heterocycles. The van der Waals surface area contributed by atoms with E-state index < -0.39 is 5.60 Å². The number of nitrogens with two attached hydrogens (primary N) is 1. The summed E-state index contributed by atoms with van der Waals surface area (Å²) in [5, 5.41) is 0. The Balaban J connectivity index is 2.78. The van der Waals surface area contributed by atoms with E-state index in [9.17, 15) is 4.79 Å². The van der Waals surface area contributed by atoms with Crippen molar-refractivity contribution in [3.05, 3.63) is 0 Å². The third-order valence-corrected chi connectivity index (χ3v) is 2.96. The van der Waals surface area contributed by atoms with E-state index in [1.54, 1.807) is 4.90 Å². The lowest BCUT2D eigenvalue weighted by molar-refractivity contribution is 0.0122. The van der Waals surface area contributed by atoms with Gasteiger partial charge in [-0.25, -0.2) is 4.79 Å². The van der Waals surface area contributed by atoms with Crippen LogP contribution in [0.25, 0.3) is 0 Å². The van der Waals surface area contributed by atoms with Crippen LogP contribution in [0.15, 0.2) is 0 Å². The van der Waals surface area contributed by atoms with E-state index in [2.05, 4.69) is 20.8 Å². The van der Waals surface area contributed by atoms with Crippen molar-refractivity contribution in [2.24, 2.45) is 11.1 Å². The van der Waals surface area contributed by atoms with E-state index in [4.69, 9.17) is 10.5 Å². The van der Waals surface area contributed by atoms with Crippen molar-refractivity contribution in [1.82, 2.24) is 4.90 Å². The lowest BCUT2D eigenvalue weighted by Gasteiger charge is -2.35. The van der Waals surface area contributed by atoms with Crippen LogP contribution < -0.4 is 5.73 Å². The minimum atomic E-state index is -0.452. The monoisotopic (exact) mass is 242 g/mol. The van der Waals surface area contributed by atoms with Gasteiger partial charge in [0, 0.05) is 18.6 Å². The van der Waals surface area contributed by atoms with E-state index in [0.717, 1.165) is 6.42 Å². The lowest BCUT2D eigenvalue weighted by Crippen LogP contribution is -2.45. The zero-order valence-corrected chi connectivity index (χ0v) is 11.9. The molecule has 0 radical (unpaired) electrons. The molecular formula is C13H26N2O2. The number of hydrogen-bond donors (Lipinski definition) is 1. The first-order valence-corrected chi connectivity index (χ1v) is 6.26. The minimum absolute atomic E-state index is 0.0328. The molecule has 1 fully saturated rings. The molecule has 4 heteroatoms. The molecular weight excluding hydrogens is 216 g/mol. The lowest BCUT2D eigenvalue weighted by atomic mass is 9.85.